The molecule has 2 aromatic rings. The average Bonchev–Trinajstić information content (AvgIpc) is 2.69. The quantitative estimate of drug-likeness (QED) is 0.673. The van der Waals surface area contributed by atoms with Crippen LogP contribution in [0.2, 0.25) is 0 Å². The number of carbonyl (C=O) groups excluding carboxylic acids is 1. The fraction of sp³-hybridized carbons (Fsp3) is 0.455. The molecule has 1 aliphatic heterocycles. The van der Waals surface area contributed by atoms with Gasteiger partial charge in [-0.3, -0.25) is 19.6 Å². The van der Waals surface area contributed by atoms with Crippen molar-refractivity contribution >= 4 is 17.4 Å². The van der Waals surface area contributed by atoms with Gasteiger partial charge < -0.3 is 14.2 Å². The number of hydrogen-bond donors (Lipinski definition) is 0. The van der Waals surface area contributed by atoms with E-state index >= 15 is 0 Å². The minimum atomic E-state index is -0.664. The predicted octanol–water partition coefficient (Wildman–Crippen LogP) is 2.61. The third-order valence-electron chi connectivity index (χ3n) is 5.12. The minimum Gasteiger partial charge on any atom is -0.465 e. The van der Waals surface area contributed by atoms with Crippen molar-refractivity contribution in [3.8, 4) is 0 Å². The number of aliphatic imine (C=N–C) groups is 1. The molecular weight excluding hydrogens is 368 g/mol. The maximum Gasteiger partial charge on any atom is 0.315 e. The second-order valence-electron chi connectivity index (χ2n) is 7.49. The zero-order chi connectivity index (χ0) is 21.0. The summed E-state index contributed by atoms with van der Waals surface area (Å²) in [6, 6.07) is 7.39. The third-order valence-corrected chi connectivity index (χ3v) is 5.12. The molecule has 0 aliphatic carbocycles. The molecule has 0 aromatic carbocycles. The molecule has 7 nitrogen and oxygen atoms in total. The van der Waals surface area contributed by atoms with E-state index in [9.17, 15) is 9.59 Å². The highest BCUT2D eigenvalue weighted by Gasteiger charge is 2.41. The highest BCUT2D eigenvalue weighted by molar-refractivity contribution is 6.05. The summed E-state index contributed by atoms with van der Waals surface area (Å²) in [5.74, 6) is -1.56. The van der Waals surface area contributed by atoms with Gasteiger partial charge in [0.1, 0.15) is 5.92 Å². The van der Waals surface area contributed by atoms with Crippen LogP contribution in [-0.2, 0) is 16.1 Å². The number of ether oxygens (including phenoxy) is 1. The normalized spacial score (nSPS) is 18.3. The van der Waals surface area contributed by atoms with Crippen LogP contribution in [0.4, 0.5) is 5.69 Å². The lowest BCUT2D eigenvalue weighted by Crippen LogP contribution is -2.38. The molecular formula is C22H28N4O3. The van der Waals surface area contributed by atoms with E-state index in [4.69, 9.17) is 4.74 Å². The first-order valence-electron chi connectivity index (χ1n) is 9.94. The first-order valence-corrected chi connectivity index (χ1v) is 9.94. The van der Waals surface area contributed by atoms with Crippen molar-refractivity contribution in [2.45, 2.75) is 32.7 Å². The van der Waals surface area contributed by atoms with E-state index in [-0.39, 0.29) is 18.1 Å². The zero-order valence-corrected chi connectivity index (χ0v) is 17.5. The summed E-state index contributed by atoms with van der Waals surface area (Å²) in [5.41, 5.74) is 2.30. The van der Waals surface area contributed by atoms with Crippen LogP contribution in [0.1, 0.15) is 37.4 Å². The van der Waals surface area contributed by atoms with Gasteiger partial charge in [-0.05, 0) is 59.1 Å². The van der Waals surface area contributed by atoms with Crippen LogP contribution in [0, 0.1) is 5.92 Å². The Hall–Kier alpha value is -2.80. The van der Waals surface area contributed by atoms with Crippen molar-refractivity contribution in [1.29, 1.82) is 0 Å². The van der Waals surface area contributed by atoms with Crippen LogP contribution >= 0.6 is 0 Å². The van der Waals surface area contributed by atoms with Crippen molar-refractivity contribution in [2.75, 3.05) is 27.2 Å². The molecule has 0 N–H and O–H groups in total. The lowest BCUT2D eigenvalue weighted by Gasteiger charge is -2.30. The van der Waals surface area contributed by atoms with E-state index in [0.29, 0.717) is 29.2 Å². The smallest absolute Gasteiger partial charge is 0.315 e. The Morgan fingerprint density at radius 3 is 2.72 bits per heavy atom. The number of fused-ring (bicyclic) bond motifs is 1. The molecule has 0 fully saturated rings. The fourth-order valence-electron chi connectivity index (χ4n) is 3.79. The van der Waals surface area contributed by atoms with E-state index in [1.54, 1.807) is 23.9 Å². The van der Waals surface area contributed by atoms with E-state index in [1.807, 2.05) is 45.3 Å². The number of rotatable bonds is 7. The summed E-state index contributed by atoms with van der Waals surface area (Å²) >= 11 is 0. The second-order valence-corrected chi connectivity index (χ2v) is 7.49. The molecule has 29 heavy (non-hydrogen) atoms. The lowest BCUT2D eigenvalue weighted by atomic mass is 9.78. The first kappa shape index (κ1) is 20.9. The van der Waals surface area contributed by atoms with Gasteiger partial charge in [-0.15, -0.1) is 0 Å². The van der Waals surface area contributed by atoms with Gasteiger partial charge in [-0.2, -0.15) is 0 Å². The second kappa shape index (κ2) is 9.13. The van der Waals surface area contributed by atoms with Gasteiger partial charge >= 0.3 is 5.97 Å². The summed E-state index contributed by atoms with van der Waals surface area (Å²) in [5, 5.41) is 0. The predicted molar refractivity (Wildman–Crippen MR) is 113 cm³/mol. The van der Waals surface area contributed by atoms with Gasteiger partial charge in [0.05, 0.1) is 23.8 Å². The molecule has 0 spiro atoms. The molecule has 3 rings (SSSR count). The molecule has 3 heterocycles. The van der Waals surface area contributed by atoms with Crippen molar-refractivity contribution < 1.29 is 9.53 Å². The van der Waals surface area contributed by atoms with Crippen molar-refractivity contribution in [3.63, 3.8) is 0 Å². The molecule has 0 saturated heterocycles. The van der Waals surface area contributed by atoms with Crippen LogP contribution in [0.15, 0.2) is 46.4 Å². The van der Waals surface area contributed by atoms with Gasteiger partial charge in [0, 0.05) is 30.3 Å². The van der Waals surface area contributed by atoms with Gasteiger partial charge in [-0.1, -0.05) is 6.07 Å². The van der Waals surface area contributed by atoms with E-state index in [2.05, 4.69) is 14.9 Å². The van der Waals surface area contributed by atoms with Crippen LogP contribution in [0.25, 0.3) is 0 Å². The van der Waals surface area contributed by atoms with Crippen LogP contribution in [-0.4, -0.2) is 53.4 Å². The Labute approximate surface area is 171 Å². The monoisotopic (exact) mass is 396 g/mol. The van der Waals surface area contributed by atoms with Crippen LogP contribution in [0.3, 0.4) is 0 Å². The molecule has 2 unspecified atom stereocenters. The topological polar surface area (TPSA) is 76.8 Å². The highest BCUT2D eigenvalue weighted by Crippen LogP contribution is 2.40. The Kier molecular flexibility index (Phi) is 6.59. The third kappa shape index (κ3) is 4.45. The number of aromatic nitrogens is 2. The van der Waals surface area contributed by atoms with E-state index in [0.717, 1.165) is 13.0 Å². The summed E-state index contributed by atoms with van der Waals surface area (Å²) in [6.45, 7) is 5.34. The first-order chi connectivity index (χ1) is 13.9. The number of carbonyl (C=O) groups is 1. The van der Waals surface area contributed by atoms with Gasteiger partial charge in [0.25, 0.3) is 5.56 Å². The van der Waals surface area contributed by atoms with Crippen LogP contribution in [0.5, 0.6) is 0 Å². The maximum atomic E-state index is 13.4. The van der Waals surface area contributed by atoms with E-state index < -0.39 is 11.8 Å². The maximum absolute atomic E-state index is 13.4. The van der Waals surface area contributed by atoms with Crippen molar-refractivity contribution in [1.82, 2.24) is 14.5 Å². The van der Waals surface area contributed by atoms with Gasteiger partial charge in [-0.25, -0.2) is 0 Å². The largest absolute Gasteiger partial charge is 0.465 e. The molecule has 0 amide bonds. The summed E-state index contributed by atoms with van der Waals surface area (Å²) in [4.78, 5) is 37.3. The molecule has 0 radical (unpaired) electrons. The van der Waals surface area contributed by atoms with Crippen molar-refractivity contribution in [2.24, 2.45) is 10.9 Å². The molecule has 7 heteroatoms. The molecule has 154 valence electrons. The van der Waals surface area contributed by atoms with Crippen LogP contribution < -0.4 is 5.56 Å². The number of nitrogens with zero attached hydrogens (tertiary/aromatic N) is 4. The Morgan fingerprint density at radius 2 is 2.07 bits per heavy atom. The standard InChI is InChI=1S/C22H28N4O3/c1-5-29-22(28)18-15(2)24-17-10-14-26(13-8-12-25(3)4)21(27)20(17)19(18)16-9-6-7-11-23-16/h6-7,9-11,14,18-19H,5,8,12-13H2,1-4H3. The number of aryl methyl sites for hydroxylation is 1. The average molecular weight is 396 g/mol. The molecule has 0 bridgehead atoms. The number of esters is 1. The lowest BCUT2D eigenvalue weighted by molar-refractivity contribution is -0.146. The zero-order valence-electron chi connectivity index (χ0n) is 17.5. The SMILES string of the molecule is CCOC(=O)C1C(C)=Nc2ccn(CCCN(C)C)c(=O)c2C1c1ccccn1. The number of pyridine rings is 2. The Morgan fingerprint density at radius 1 is 1.28 bits per heavy atom. The molecule has 2 atom stereocenters. The Bertz CT molecular complexity index is 950. The van der Waals surface area contributed by atoms with Crippen molar-refractivity contribution in [3.05, 3.63) is 58.3 Å². The number of hydrogen-bond acceptors (Lipinski definition) is 6. The highest BCUT2D eigenvalue weighted by atomic mass is 16.5. The van der Waals surface area contributed by atoms with Gasteiger partial charge in [0.2, 0.25) is 0 Å². The molecule has 0 saturated carbocycles. The Balaban J connectivity index is 2.11. The molecule has 2 aromatic heterocycles. The summed E-state index contributed by atoms with van der Waals surface area (Å²) < 4.78 is 7.02. The minimum absolute atomic E-state index is 0.123. The summed E-state index contributed by atoms with van der Waals surface area (Å²) in [7, 11) is 4.02. The van der Waals surface area contributed by atoms with Gasteiger partial charge in [0.15, 0.2) is 0 Å². The molecule has 1 aliphatic rings. The summed E-state index contributed by atoms with van der Waals surface area (Å²) in [6.07, 6.45) is 4.31. The fourth-order valence-corrected chi connectivity index (χ4v) is 3.79. The van der Waals surface area contributed by atoms with E-state index in [1.165, 1.54) is 0 Å².